The number of hydrogen-bond donors (Lipinski definition) is 1. The summed E-state index contributed by atoms with van der Waals surface area (Å²) in [5.41, 5.74) is 5.89. The second-order valence-electron chi connectivity index (χ2n) is 4.86. The van der Waals surface area contributed by atoms with Crippen molar-refractivity contribution in [2.75, 3.05) is 6.54 Å². The molecule has 94 valence electrons. The minimum absolute atomic E-state index is 0.620. The molecule has 1 aromatic heterocycles. The van der Waals surface area contributed by atoms with E-state index in [0.29, 0.717) is 11.2 Å². The third kappa shape index (κ3) is 3.46. The highest BCUT2D eigenvalue weighted by Gasteiger charge is 2.29. The number of nitrogens with two attached hydrogens (primary N) is 1. The maximum Gasteiger partial charge on any atom is 0.110 e. The van der Waals surface area contributed by atoms with Gasteiger partial charge in [-0.1, -0.05) is 13.3 Å². The number of aromatic nitrogens is 1. The third-order valence-corrected chi connectivity index (χ3v) is 5.81. The van der Waals surface area contributed by atoms with Crippen LogP contribution < -0.4 is 5.73 Å². The van der Waals surface area contributed by atoms with Crippen LogP contribution in [0.3, 0.4) is 0 Å². The van der Waals surface area contributed by atoms with Gasteiger partial charge in [-0.25, -0.2) is 4.98 Å². The van der Waals surface area contributed by atoms with Gasteiger partial charge in [-0.05, 0) is 59.3 Å². The molecule has 0 aromatic carbocycles. The molecule has 1 heterocycles. The Hall–Kier alpha value is -0.0600. The van der Waals surface area contributed by atoms with Crippen molar-refractivity contribution in [3.05, 3.63) is 22.8 Å². The number of rotatable bonds is 3. The number of pyridine rings is 1. The molecule has 4 heteroatoms. The largest absolute Gasteiger partial charge is 0.330 e. The van der Waals surface area contributed by atoms with Gasteiger partial charge in [0.2, 0.25) is 0 Å². The average molecular weight is 315 g/mol. The zero-order valence-corrected chi connectivity index (χ0v) is 12.5. The summed E-state index contributed by atoms with van der Waals surface area (Å²) < 4.78 is 1.10. The van der Waals surface area contributed by atoms with Crippen LogP contribution in [0.5, 0.6) is 0 Å². The van der Waals surface area contributed by atoms with Gasteiger partial charge in [-0.3, -0.25) is 0 Å². The zero-order chi connectivity index (χ0) is 12.3. The van der Waals surface area contributed by atoms with E-state index in [-0.39, 0.29) is 0 Å². The van der Waals surface area contributed by atoms with E-state index in [0.717, 1.165) is 22.0 Å². The lowest BCUT2D eigenvalue weighted by atomic mass is 9.82. The minimum Gasteiger partial charge on any atom is -0.330 e. The fraction of sp³-hybridized carbons (Fsp3) is 0.615. The van der Waals surface area contributed by atoms with E-state index in [4.69, 9.17) is 5.73 Å². The molecule has 17 heavy (non-hydrogen) atoms. The van der Waals surface area contributed by atoms with E-state index in [1.807, 2.05) is 24.0 Å². The Morgan fingerprint density at radius 2 is 2.35 bits per heavy atom. The highest BCUT2D eigenvalue weighted by molar-refractivity contribution is 9.10. The van der Waals surface area contributed by atoms with Crippen LogP contribution in [0.2, 0.25) is 0 Å². The second-order valence-corrected chi connectivity index (χ2v) is 6.94. The van der Waals surface area contributed by atoms with Gasteiger partial charge in [0, 0.05) is 15.9 Å². The first-order chi connectivity index (χ1) is 8.20. The molecule has 1 aliphatic carbocycles. The Morgan fingerprint density at radius 3 is 3.06 bits per heavy atom. The number of nitrogens with zero attached hydrogens (tertiary/aromatic N) is 1. The van der Waals surface area contributed by atoms with Crippen LogP contribution in [-0.4, -0.2) is 16.8 Å². The van der Waals surface area contributed by atoms with E-state index in [2.05, 4.69) is 33.9 Å². The summed E-state index contributed by atoms with van der Waals surface area (Å²) in [7, 11) is 0. The second kappa shape index (κ2) is 6.21. The Bertz CT molecular complexity index is 372. The first-order valence-corrected chi connectivity index (χ1v) is 7.85. The maximum atomic E-state index is 5.89. The van der Waals surface area contributed by atoms with E-state index >= 15 is 0 Å². The fourth-order valence-electron chi connectivity index (χ4n) is 2.41. The Kier molecular flexibility index (Phi) is 4.88. The zero-order valence-electron chi connectivity index (χ0n) is 10.1. The lowest BCUT2D eigenvalue weighted by molar-refractivity contribution is 0.306. The standard InChI is InChI=1S/C13H19BrN2S/c1-9-4-5-10(8-15)12(7-9)17-13-11(14)3-2-6-16-13/h2-3,6,9-10,12H,4-5,7-8,15H2,1H3. The summed E-state index contributed by atoms with van der Waals surface area (Å²) in [5, 5.41) is 1.72. The van der Waals surface area contributed by atoms with Crippen molar-refractivity contribution < 1.29 is 0 Å². The molecule has 2 N–H and O–H groups in total. The van der Waals surface area contributed by atoms with Crippen molar-refractivity contribution in [3.63, 3.8) is 0 Å². The van der Waals surface area contributed by atoms with Gasteiger partial charge in [-0.15, -0.1) is 11.8 Å². The quantitative estimate of drug-likeness (QED) is 0.924. The minimum atomic E-state index is 0.620. The Labute approximate surface area is 116 Å². The molecule has 2 nitrogen and oxygen atoms in total. The van der Waals surface area contributed by atoms with E-state index in [1.54, 1.807) is 0 Å². The van der Waals surface area contributed by atoms with Crippen LogP contribution in [0.1, 0.15) is 26.2 Å². The van der Waals surface area contributed by atoms with Gasteiger partial charge in [0.25, 0.3) is 0 Å². The normalized spacial score (nSPS) is 29.2. The number of halogens is 1. The lowest BCUT2D eigenvalue weighted by Crippen LogP contribution is -2.31. The molecular formula is C13H19BrN2S. The van der Waals surface area contributed by atoms with Gasteiger partial charge in [0.1, 0.15) is 5.03 Å². The Morgan fingerprint density at radius 1 is 1.53 bits per heavy atom. The molecule has 0 aliphatic heterocycles. The summed E-state index contributed by atoms with van der Waals surface area (Å²) in [6.45, 7) is 3.14. The van der Waals surface area contributed by atoms with Crippen molar-refractivity contribution in [2.45, 2.75) is 36.5 Å². The summed E-state index contributed by atoms with van der Waals surface area (Å²) in [6.07, 6.45) is 5.70. The lowest BCUT2D eigenvalue weighted by Gasteiger charge is -2.33. The van der Waals surface area contributed by atoms with Gasteiger partial charge >= 0.3 is 0 Å². The predicted octanol–water partition coefficient (Wildman–Crippen LogP) is 3.70. The van der Waals surface area contributed by atoms with Gasteiger partial charge < -0.3 is 5.73 Å². The highest BCUT2D eigenvalue weighted by Crippen LogP contribution is 2.40. The Balaban J connectivity index is 2.07. The molecule has 0 amide bonds. The molecule has 3 unspecified atom stereocenters. The first-order valence-electron chi connectivity index (χ1n) is 6.18. The van der Waals surface area contributed by atoms with Gasteiger partial charge in [0.15, 0.2) is 0 Å². The van der Waals surface area contributed by atoms with E-state index in [1.165, 1.54) is 19.3 Å². The highest BCUT2D eigenvalue weighted by atomic mass is 79.9. The van der Waals surface area contributed by atoms with Crippen LogP contribution in [-0.2, 0) is 0 Å². The van der Waals surface area contributed by atoms with Gasteiger partial charge in [0.05, 0.1) is 0 Å². The van der Waals surface area contributed by atoms with Gasteiger partial charge in [-0.2, -0.15) is 0 Å². The number of hydrogen-bond acceptors (Lipinski definition) is 3. The van der Waals surface area contributed by atoms with E-state index < -0.39 is 0 Å². The SMILES string of the molecule is CC1CCC(CN)C(Sc2ncccc2Br)C1. The number of thioether (sulfide) groups is 1. The summed E-state index contributed by atoms with van der Waals surface area (Å²) in [5.74, 6) is 1.46. The molecule has 1 aliphatic rings. The molecule has 0 saturated heterocycles. The molecule has 3 atom stereocenters. The van der Waals surface area contributed by atoms with Crippen LogP contribution in [0.4, 0.5) is 0 Å². The van der Waals surface area contributed by atoms with Crippen LogP contribution in [0.15, 0.2) is 27.8 Å². The molecule has 2 rings (SSSR count). The van der Waals surface area contributed by atoms with Crippen LogP contribution in [0, 0.1) is 11.8 Å². The smallest absolute Gasteiger partial charge is 0.110 e. The molecule has 0 spiro atoms. The first kappa shape index (κ1) is 13.4. The molecule has 0 radical (unpaired) electrons. The topological polar surface area (TPSA) is 38.9 Å². The monoisotopic (exact) mass is 314 g/mol. The summed E-state index contributed by atoms with van der Waals surface area (Å²) in [6, 6.07) is 4.01. The van der Waals surface area contributed by atoms with Crippen LogP contribution >= 0.6 is 27.7 Å². The third-order valence-electron chi connectivity index (χ3n) is 3.48. The molecule has 0 bridgehead atoms. The molecule has 1 aromatic rings. The average Bonchev–Trinajstić information content (AvgIpc) is 2.32. The van der Waals surface area contributed by atoms with Crippen molar-refractivity contribution >= 4 is 27.7 Å². The fourth-order valence-corrected chi connectivity index (χ4v) is 4.40. The predicted molar refractivity (Wildman–Crippen MR) is 77.1 cm³/mol. The van der Waals surface area contributed by atoms with Crippen molar-refractivity contribution in [1.29, 1.82) is 0 Å². The maximum absolute atomic E-state index is 5.89. The summed E-state index contributed by atoms with van der Waals surface area (Å²) in [4.78, 5) is 4.44. The van der Waals surface area contributed by atoms with Crippen LogP contribution in [0.25, 0.3) is 0 Å². The van der Waals surface area contributed by atoms with E-state index in [9.17, 15) is 0 Å². The van der Waals surface area contributed by atoms with Crippen molar-refractivity contribution in [3.8, 4) is 0 Å². The summed E-state index contributed by atoms with van der Waals surface area (Å²) >= 11 is 5.46. The molecule has 1 fully saturated rings. The molecular weight excluding hydrogens is 296 g/mol. The molecule has 1 saturated carbocycles. The van der Waals surface area contributed by atoms with Crippen molar-refractivity contribution in [2.24, 2.45) is 17.6 Å². The van der Waals surface area contributed by atoms with Crippen molar-refractivity contribution in [1.82, 2.24) is 4.98 Å².